The van der Waals surface area contributed by atoms with Gasteiger partial charge in [0.15, 0.2) is 0 Å². The first-order chi connectivity index (χ1) is 11.4. The smallest absolute Gasteiger partial charge is 0.335 e. The Bertz CT molecular complexity index is 893. The second kappa shape index (κ2) is 5.96. The summed E-state index contributed by atoms with van der Waals surface area (Å²) in [4.78, 5) is 15.7. The Kier molecular flexibility index (Phi) is 3.97. The molecule has 0 saturated carbocycles. The number of aromatic amines is 1. The fraction of sp³-hybridized carbons (Fsp3) is 0.278. The van der Waals surface area contributed by atoms with Crippen molar-refractivity contribution in [2.45, 2.75) is 32.7 Å². The molecule has 0 radical (unpaired) electrons. The lowest BCUT2D eigenvalue weighted by Gasteiger charge is -2.19. The summed E-state index contributed by atoms with van der Waals surface area (Å²) in [5.74, 6) is -0.956. The van der Waals surface area contributed by atoms with Gasteiger partial charge in [0, 0.05) is 34.8 Å². The fourth-order valence-electron chi connectivity index (χ4n) is 2.74. The van der Waals surface area contributed by atoms with Gasteiger partial charge < -0.3 is 10.4 Å². The number of carboxylic acids is 1. The number of rotatable bonds is 4. The largest absolute Gasteiger partial charge is 0.478 e. The van der Waals surface area contributed by atoms with E-state index in [0.717, 1.165) is 22.2 Å². The topological polar surface area (TPSA) is 90.9 Å². The Morgan fingerprint density at radius 2 is 2.12 bits per heavy atom. The van der Waals surface area contributed by atoms with Crippen LogP contribution in [0.2, 0.25) is 0 Å². The third-order valence-electron chi connectivity index (χ3n) is 3.89. The SMILES string of the molecule is CC(C)(C)c1[nH]ncc1CNc1cc(C(=O)O)cc2cccnc12. The zero-order chi connectivity index (χ0) is 17.3. The number of aromatic nitrogens is 3. The molecule has 3 rings (SSSR count). The van der Waals surface area contributed by atoms with Gasteiger partial charge in [-0.3, -0.25) is 10.1 Å². The summed E-state index contributed by atoms with van der Waals surface area (Å²) in [7, 11) is 0. The molecule has 0 atom stereocenters. The van der Waals surface area contributed by atoms with Crippen LogP contribution in [0.4, 0.5) is 5.69 Å². The van der Waals surface area contributed by atoms with Crippen molar-refractivity contribution in [2.24, 2.45) is 0 Å². The van der Waals surface area contributed by atoms with Gasteiger partial charge in [-0.15, -0.1) is 0 Å². The Balaban J connectivity index is 1.96. The van der Waals surface area contributed by atoms with E-state index >= 15 is 0 Å². The number of carbonyl (C=O) groups is 1. The van der Waals surface area contributed by atoms with Crippen molar-refractivity contribution >= 4 is 22.6 Å². The summed E-state index contributed by atoms with van der Waals surface area (Å²) >= 11 is 0. The van der Waals surface area contributed by atoms with E-state index in [2.05, 4.69) is 41.3 Å². The van der Waals surface area contributed by atoms with Gasteiger partial charge in [0.25, 0.3) is 0 Å². The van der Waals surface area contributed by atoms with Crippen LogP contribution in [-0.4, -0.2) is 26.3 Å². The average Bonchev–Trinajstić information content (AvgIpc) is 3.01. The highest BCUT2D eigenvalue weighted by atomic mass is 16.4. The van der Waals surface area contributed by atoms with E-state index in [0.29, 0.717) is 12.2 Å². The Morgan fingerprint density at radius 1 is 1.33 bits per heavy atom. The van der Waals surface area contributed by atoms with Crippen LogP contribution < -0.4 is 5.32 Å². The first kappa shape index (κ1) is 16.0. The number of hydrogen-bond acceptors (Lipinski definition) is 4. The predicted octanol–water partition coefficient (Wildman–Crippen LogP) is 3.57. The van der Waals surface area contributed by atoms with Crippen LogP contribution in [0.15, 0.2) is 36.7 Å². The lowest BCUT2D eigenvalue weighted by molar-refractivity contribution is 0.0697. The monoisotopic (exact) mass is 324 g/mol. The van der Waals surface area contributed by atoms with Crippen molar-refractivity contribution < 1.29 is 9.90 Å². The number of H-pyrrole nitrogens is 1. The Hall–Kier alpha value is -2.89. The number of aromatic carboxylic acids is 1. The van der Waals surface area contributed by atoms with Crippen molar-refractivity contribution in [1.29, 1.82) is 0 Å². The molecule has 124 valence electrons. The standard InChI is InChI=1S/C18H20N4O2/c1-18(2,3)16-13(10-21-22-16)9-20-14-8-12(17(23)24)7-11-5-4-6-19-15(11)14/h4-8,10,20H,9H2,1-3H3,(H,21,22)(H,23,24). The van der Waals surface area contributed by atoms with Crippen LogP contribution in [-0.2, 0) is 12.0 Å². The highest BCUT2D eigenvalue weighted by Crippen LogP contribution is 2.27. The lowest BCUT2D eigenvalue weighted by atomic mass is 9.89. The van der Waals surface area contributed by atoms with E-state index in [4.69, 9.17) is 0 Å². The van der Waals surface area contributed by atoms with Crippen LogP contribution in [0.1, 0.15) is 42.4 Å². The Labute approximate surface area is 139 Å². The number of benzene rings is 1. The average molecular weight is 324 g/mol. The Morgan fingerprint density at radius 3 is 2.83 bits per heavy atom. The van der Waals surface area contributed by atoms with Gasteiger partial charge in [-0.1, -0.05) is 26.8 Å². The van der Waals surface area contributed by atoms with E-state index < -0.39 is 5.97 Å². The van der Waals surface area contributed by atoms with Crippen molar-refractivity contribution in [3.8, 4) is 0 Å². The number of hydrogen-bond donors (Lipinski definition) is 3. The van der Waals surface area contributed by atoms with E-state index in [9.17, 15) is 9.90 Å². The van der Waals surface area contributed by atoms with Gasteiger partial charge in [-0.05, 0) is 18.2 Å². The molecule has 0 amide bonds. The zero-order valence-electron chi connectivity index (χ0n) is 13.9. The molecule has 0 aliphatic carbocycles. The minimum absolute atomic E-state index is 0.0449. The molecule has 6 heteroatoms. The molecule has 6 nitrogen and oxygen atoms in total. The van der Waals surface area contributed by atoms with Gasteiger partial charge in [0.2, 0.25) is 0 Å². The summed E-state index contributed by atoms with van der Waals surface area (Å²) in [6.45, 7) is 6.89. The summed E-state index contributed by atoms with van der Waals surface area (Å²) < 4.78 is 0. The number of fused-ring (bicyclic) bond motifs is 1. The second-order valence-corrected chi connectivity index (χ2v) is 6.78. The molecular weight excluding hydrogens is 304 g/mol. The van der Waals surface area contributed by atoms with Crippen molar-refractivity contribution in [3.63, 3.8) is 0 Å². The molecule has 24 heavy (non-hydrogen) atoms. The van der Waals surface area contributed by atoms with Crippen molar-refractivity contribution in [3.05, 3.63) is 53.5 Å². The normalized spacial score (nSPS) is 11.6. The third-order valence-corrected chi connectivity index (χ3v) is 3.89. The molecule has 2 aromatic heterocycles. The first-order valence-electron chi connectivity index (χ1n) is 7.75. The van der Waals surface area contributed by atoms with Crippen LogP contribution in [0.3, 0.4) is 0 Å². The van der Waals surface area contributed by atoms with Crippen molar-refractivity contribution in [2.75, 3.05) is 5.32 Å². The van der Waals surface area contributed by atoms with E-state index in [1.165, 1.54) is 0 Å². The summed E-state index contributed by atoms with van der Waals surface area (Å²) in [6, 6.07) is 6.91. The quantitative estimate of drug-likeness (QED) is 0.682. The number of nitrogens with zero attached hydrogens (tertiary/aromatic N) is 2. The summed E-state index contributed by atoms with van der Waals surface area (Å²) in [5, 5.41) is 20.6. The predicted molar refractivity (Wildman–Crippen MR) is 93.3 cm³/mol. The molecular formula is C18H20N4O2. The molecule has 1 aromatic carbocycles. The molecule has 0 saturated heterocycles. The maximum Gasteiger partial charge on any atom is 0.335 e. The lowest BCUT2D eigenvalue weighted by Crippen LogP contribution is -2.15. The van der Waals surface area contributed by atoms with E-state index in [1.807, 2.05) is 6.07 Å². The van der Waals surface area contributed by atoms with Crippen LogP contribution in [0, 0.1) is 0 Å². The minimum Gasteiger partial charge on any atom is -0.478 e. The molecule has 0 unspecified atom stereocenters. The summed E-state index contributed by atoms with van der Waals surface area (Å²) in [5.41, 5.74) is 3.75. The highest BCUT2D eigenvalue weighted by molar-refractivity contribution is 5.99. The number of carboxylic acid groups (broad SMARTS) is 1. The molecule has 0 bridgehead atoms. The molecule has 0 fully saturated rings. The number of pyridine rings is 1. The fourth-order valence-corrected chi connectivity index (χ4v) is 2.74. The molecule has 0 spiro atoms. The van der Waals surface area contributed by atoms with Gasteiger partial charge in [-0.25, -0.2) is 4.79 Å². The second-order valence-electron chi connectivity index (χ2n) is 6.78. The maximum absolute atomic E-state index is 11.4. The van der Waals surface area contributed by atoms with Gasteiger partial charge in [-0.2, -0.15) is 5.10 Å². The molecule has 0 aliphatic heterocycles. The zero-order valence-corrected chi connectivity index (χ0v) is 13.9. The first-order valence-corrected chi connectivity index (χ1v) is 7.75. The van der Waals surface area contributed by atoms with Crippen molar-refractivity contribution in [1.82, 2.24) is 15.2 Å². The highest BCUT2D eigenvalue weighted by Gasteiger charge is 2.20. The van der Waals surface area contributed by atoms with Gasteiger partial charge in [0.1, 0.15) is 0 Å². The van der Waals surface area contributed by atoms with Crippen LogP contribution >= 0.6 is 0 Å². The van der Waals surface area contributed by atoms with Gasteiger partial charge >= 0.3 is 5.97 Å². The van der Waals surface area contributed by atoms with E-state index in [1.54, 1.807) is 30.6 Å². The minimum atomic E-state index is -0.956. The number of anilines is 1. The van der Waals surface area contributed by atoms with Gasteiger partial charge in [0.05, 0.1) is 23.0 Å². The van der Waals surface area contributed by atoms with E-state index in [-0.39, 0.29) is 11.0 Å². The molecule has 3 N–H and O–H groups in total. The van der Waals surface area contributed by atoms with Crippen LogP contribution in [0.5, 0.6) is 0 Å². The molecule has 2 heterocycles. The maximum atomic E-state index is 11.4. The van der Waals surface area contributed by atoms with Crippen LogP contribution in [0.25, 0.3) is 10.9 Å². The molecule has 3 aromatic rings. The number of nitrogens with one attached hydrogen (secondary N) is 2. The summed E-state index contributed by atoms with van der Waals surface area (Å²) in [6.07, 6.45) is 3.50. The molecule has 0 aliphatic rings. The third kappa shape index (κ3) is 3.08.